The summed E-state index contributed by atoms with van der Waals surface area (Å²) in [5, 5.41) is 2.91. The van der Waals surface area contributed by atoms with Gasteiger partial charge in [-0.1, -0.05) is 12.1 Å². The van der Waals surface area contributed by atoms with Crippen LogP contribution in [0.25, 0.3) is 6.08 Å². The molecule has 2 aliphatic rings. The molecule has 2 aromatic carbocycles. The van der Waals surface area contributed by atoms with Crippen LogP contribution in [0.3, 0.4) is 0 Å². The summed E-state index contributed by atoms with van der Waals surface area (Å²) in [6.45, 7) is 5.37. The Hall–Kier alpha value is -2.91. The van der Waals surface area contributed by atoms with Crippen molar-refractivity contribution in [3.63, 3.8) is 0 Å². The Morgan fingerprint density at radius 1 is 0.939 bits per heavy atom. The van der Waals surface area contributed by atoms with Crippen LogP contribution in [0.1, 0.15) is 12.0 Å². The monoisotopic (exact) mass is 472 g/mol. The maximum atomic E-state index is 13.1. The number of halogens is 1. The van der Waals surface area contributed by atoms with Gasteiger partial charge in [0.2, 0.25) is 15.9 Å². The normalized spacial score (nSPS) is 18.7. The van der Waals surface area contributed by atoms with E-state index < -0.39 is 10.0 Å². The van der Waals surface area contributed by atoms with Crippen molar-refractivity contribution in [1.82, 2.24) is 10.2 Å². The topological polar surface area (TPSA) is 73.0 Å². The van der Waals surface area contributed by atoms with E-state index in [0.717, 1.165) is 44.0 Å². The fraction of sp³-hybridized carbons (Fsp3) is 0.375. The van der Waals surface area contributed by atoms with Crippen molar-refractivity contribution in [3.05, 3.63) is 66.0 Å². The SMILES string of the molecule is O=C(/C=C/c1ccc(N2CCCS2(=O)=O)cc1)NCCN1CCN(c2ccc(F)cc2)CC1. The van der Waals surface area contributed by atoms with Gasteiger partial charge in [-0.15, -0.1) is 0 Å². The fourth-order valence-corrected chi connectivity index (χ4v) is 5.70. The largest absolute Gasteiger partial charge is 0.369 e. The molecule has 33 heavy (non-hydrogen) atoms. The Kier molecular flexibility index (Phi) is 7.29. The lowest BCUT2D eigenvalue weighted by atomic mass is 10.2. The number of piperazine rings is 1. The highest BCUT2D eigenvalue weighted by atomic mass is 32.2. The number of sulfonamides is 1. The minimum atomic E-state index is -3.19. The maximum Gasteiger partial charge on any atom is 0.244 e. The van der Waals surface area contributed by atoms with Crippen LogP contribution < -0.4 is 14.5 Å². The van der Waals surface area contributed by atoms with E-state index in [0.29, 0.717) is 25.2 Å². The van der Waals surface area contributed by atoms with Gasteiger partial charge in [0, 0.05) is 57.6 Å². The number of hydrogen-bond donors (Lipinski definition) is 1. The number of anilines is 2. The van der Waals surface area contributed by atoms with Gasteiger partial charge < -0.3 is 10.2 Å². The van der Waals surface area contributed by atoms with Crippen LogP contribution in [0.4, 0.5) is 15.8 Å². The van der Waals surface area contributed by atoms with Crippen LogP contribution in [0, 0.1) is 5.82 Å². The van der Waals surface area contributed by atoms with Crippen molar-refractivity contribution in [1.29, 1.82) is 0 Å². The van der Waals surface area contributed by atoms with Crippen LogP contribution in [0.5, 0.6) is 0 Å². The summed E-state index contributed by atoms with van der Waals surface area (Å²) in [7, 11) is -3.19. The fourth-order valence-electron chi connectivity index (χ4n) is 4.13. The van der Waals surface area contributed by atoms with E-state index in [2.05, 4.69) is 15.1 Å². The smallest absolute Gasteiger partial charge is 0.244 e. The molecule has 0 aliphatic carbocycles. The van der Waals surface area contributed by atoms with Gasteiger partial charge in [-0.3, -0.25) is 14.0 Å². The van der Waals surface area contributed by atoms with Gasteiger partial charge in [0.1, 0.15) is 5.82 Å². The molecule has 7 nitrogen and oxygen atoms in total. The number of hydrogen-bond acceptors (Lipinski definition) is 5. The third kappa shape index (κ3) is 6.11. The van der Waals surface area contributed by atoms with Gasteiger partial charge in [-0.25, -0.2) is 12.8 Å². The van der Waals surface area contributed by atoms with E-state index in [-0.39, 0.29) is 17.5 Å². The van der Waals surface area contributed by atoms with Crippen LogP contribution >= 0.6 is 0 Å². The maximum absolute atomic E-state index is 13.1. The summed E-state index contributed by atoms with van der Waals surface area (Å²) in [6.07, 6.45) is 3.86. The highest BCUT2D eigenvalue weighted by molar-refractivity contribution is 7.93. The van der Waals surface area contributed by atoms with Crippen molar-refractivity contribution in [2.75, 3.05) is 60.8 Å². The number of nitrogens with zero attached hydrogens (tertiary/aromatic N) is 3. The quantitative estimate of drug-likeness (QED) is 0.627. The van der Waals surface area contributed by atoms with E-state index in [1.165, 1.54) is 22.5 Å². The standard InChI is InChI=1S/C24H29FN4O3S/c25-21-5-9-22(10-6-21)28-17-15-27(16-18-28)14-12-26-24(30)11-4-20-2-7-23(8-3-20)29-13-1-19-33(29,31)32/h2-11H,1,12-19H2,(H,26,30)/b11-4+. The zero-order valence-corrected chi connectivity index (χ0v) is 19.3. The molecular weight excluding hydrogens is 443 g/mol. The molecule has 0 saturated carbocycles. The van der Waals surface area contributed by atoms with Gasteiger partial charge >= 0.3 is 0 Å². The number of rotatable bonds is 7. The lowest BCUT2D eigenvalue weighted by Crippen LogP contribution is -2.48. The zero-order chi connectivity index (χ0) is 23.3. The molecule has 4 rings (SSSR count). The lowest BCUT2D eigenvalue weighted by Gasteiger charge is -2.36. The first-order chi connectivity index (χ1) is 15.9. The van der Waals surface area contributed by atoms with Crippen molar-refractivity contribution >= 4 is 33.4 Å². The molecule has 1 amide bonds. The average Bonchev–Trinajstić information content (AvgIpc) is 3.18. The summed E-state index contributed by atoms with van der Waals surface area (Å²) < 4.78 is 38.5. The number of nitrogens with one attached hydrogen (secondary N) is 1. The summed E-state index contributed by atoms with van der Waals surface area (Å²) in [5.41, 5.74) is 2.53. The Labute approximate surface area is 194 Å². The molecular formula is C24H29FN4O3S. The number of benzene rings is 2. The zero-order valence-electron chi connectivity index (χ0n) is 18.5. The van der Waals surface area contributed by atoms with Crippen molar-refractivity contribution in [3.8, 4) is 0 Å². The molecule has 1 N–H and O–H groups in total. The number of carbonyl (C=O) groups excluding carboxylic acids is 1. The number of amides is 1. The van der Waals surface area contributed by atoms with Crippen molar-refractivity contribution in [2.45, 2.75) is 6.42 Å². The third-order valence-corrected chi connectivity index (χ3v) is 7.87. The lowest BCUT2D eigenvalue weighted by molar-refractivity contribution is -0.116. The molecule has 2 heterocycles. The molecule has 176 valence electrons. The second kappa shape index (κ2) is 10.4. The molecule has 2 aromatic rings. The van der Waals surface area contributed by atoms with E-state index in [1.807, 2.05) is 12.1 Å². The van der Waals surface area contributed by atoms with Crippen LogP contribution in [0.15, 0.2) is 54.6 Å². The van der Waals surface area contributed by atoms with Gasteiger partial charge in [-0.05, 0) is 54.5 Å². The second-order valence-corrected chi connectivity index (χ2v) is 10.3. The molecule has 0 aromatic heterocycles. The summed E-state index contributed by atoms with van der Waals surface area (Å²) in [6, 6.07) is 13.7. The molecule has 0 bridgehead atoms. The first kappa shape index (κ1) is 23.3. The third-order valence-electron chi connectivity index (χ3n) is 6.00. The molecule has 0 spiro atoms. The predicted octanol–water partition coefficient (Wildman–Crippen LogP) is 2.32. The molecule has 9 heteroatoms. The highest BCUT2D eigenvalue weighted by Crippen LogP contribution is 2.24. The molecule has 2 saturated heterocycles. The summed E-state index contributed by atoms with van der Waals surface area (Å²) in [5.74, 6) is -0.193. The van der Waals surface area contributed by atoms with Crippen LogP contribution in [-0.2, 0) is 14.8 Å². The van der Waals surface area contributed by atoms with Crippen LogP contribution in [0.2, 0.25) is 0 Å². The summed E-state index contributed by atoms with van der Waals surface area (Å²) >= 11 is 0. The number of carbonyl (C=O) groups is 1. The van der Waals surface area contributed by atoms with E-state index >= 15 is 0 Å². The predicted molar refractivity (Wildman–Crippen MR) is 129 cm³/mol. The first-order valence-corrected chi connectivity index (χ1v) is 12.8. The minimum Gasteiger partial charge on any atom is -0.369 e. The van der Waals surface area contributed by atoms with Gasteiger partial charge in [0.05, 0.1) is 11.4 Å². The van der Waals surface area contributed by atoms with E-state index in [9.17, 15) is 17.6 Å². The van der Waals surface area contributed by atoms with Crippen molar-refractivity contribution < 1.29 is 17.6 Å². The van der Waals surface area contributed by atoms with Gasteiger partial charge in [0.25, 0.3) is 0 Å². The van der Waals surface area contributed by atoms with E-state index in [1.54, 1.807) is 30.3 Å². The first-order valence-electron chi connectivity index (χ1n) is 11.2. The van der Waals surface area contributed by atoms with Gasteiger partial charge in [-0.2, -0.15) is 0 Å². The summed E-state index contributed by atoms with van der Waals surface area (Å²) in [4.78, 5) is 16.7. The Balaban J connectivity index is 1.17. The van der Waals surface area contributed by atoms with Crippen LogP contribution in [-0.4, -0.2) is 70.8 Å². The Bertz CT molecular complexity index is 1080. The average molecular weight is 473 g/mol. The Morgan fingerprint density at radius 2 is 1.61 bits per heavy atom. The molecule has 0 unspecified atom stereocenters. The molecule has 0 radical (unpaired) electrons. The van der Waals surface area contributed by atoms with E-state index in [4.69, 9.17) is 0 Å². The second-order valence-electron chi connectivity index (χ2n) is 8.26. The molecule has 0 atom stereocenters. The Morgan fingerprint density at radius 3 is 2.24 bits per heavy atom. The minimum absolute atomic E-state index is 0.161. The van der Waals surface area contributed by atoms with Gasteiger partial charge in [0.15, 0.2) is 0 Å². The highest BCUT2D eigenvalue weighted by Gasteiger charge is 2.28. The van der Waals surface area contributed by atoms with Crippen molar-refractivity contribution in [2.24, 2.45) is 0 Å². The molecule has 2 fully saturated rings. The molecule has 2 aliphatic heterocycles.